The summed E-state index contributed by atoms with van der Waals surface area (Å²) in [7, 11) is 0. The highest BCUT2D eigenvalue weighted by Gasteiger charge is 2.55. The average Bonchev–Trinajstić information content (AvgIpc) is 2.85. The third-order valence-electron chi connectivity index (χ3n) is 5.25. The summed E-state index contributed by atoms with van der Waals surface area (Å²) in [6.07, 6.45) is 4.28. The number of allylic oxidation sites excluding steroid dienone is 1. The van der Waals surface area contributed by atoms with Crippen LogP contribution >= 0.6 is 0 Å². The third-order valence-corrected chi connectivity index (χ3v) is 5.25. The standard InChI is InChI=1S/C20H27N3O2/c1-15(2)10-13-23-18(24)20(22-19(23)25,17-8-11-21-12-9-17)14-16-6-4-3-5-7-16/h3-7,10,17,21H,8-9,11-14H2,1-2H3,(H,22,25). The molecule has 2 saturated heterocycles. The number of urea groups is 1. The molecule has 1 atom stereocenters. The fourth-order valence-corrected chi connectivity index (χ4v) is 3.86. The first-order valence-corrected chi connectivity index (χ1v) is 9.05. The van der Waals surface area contributed by atoms with E-state index < -0.39 is 5.54 Å². The number of piperidine rings is 1. The van der Waals surface area contributed by atoms with Crippen LogP contribution in [-0.4, -0.2) is 42.0 Å². The molecule has 2 fully saturated rings. The number of imide groups is 1. The predicted octanol–water partition coefficient (Wildman–Crippen LogP) is 2.49. The maximum Gasteiger partial charge on any atom is 0.325 e. The van der Waals surface area contributed by atoms with Crippen LogP contribution in [0.5, 0.6) is 0 Å². The molecule has 0 radical (unpaired) electrons. The largest absolute Gasteiger partial charge is 0.325 e. The highest BCUT2D eigenvalue weighted by atomic mass is 16.2. The molecule has 2 heterocycles. The zero-order chi connectivity index (χ0) is 17.9. The minimum absolute atomic E-state index is 0.0780. The second-order valence-electron chi connectivity index (χ2n) is 7.29. The van der Waals surface area contributed by atoms with E-state index in [-0.39, 0.29) is 17.9 Å². The number of hydrogen-bond acceptors (Lipinski definition) is 3. The molecule has 5 nitrogen and oxygen atoms in total. The summed E-state index contributed by atoms with van der Waals surface area (Å²) in [5, 5.41) is 6.44. The van der Waals surface area contributed by atoms with Gasteiger partial charge < -0.3 is 10.6 Å². The van der Waals surface area contributed by atoms with Gasteiger partial charge in [0.2, 0.25) is 0 Å². The normalized spacial score (nSPS) is 24.3. The first-order chi connectivity index (χ1) is 12.0. The molecule has 0 bridgehead atoms. The lowest BCUT2D eigenvalue weighted by Gasteiger charge is -2.38. The SMILES string of the molecule is CC(C)=CCN1C(=O)NC(Cc2ccccc2)(C2CCNCC2)C1=O. The summed E-state index contributed by atoms with van der Waals surface area (Å²) < 4.78 is 0. The molecular formula is C20H27N3O2. The van der Waals surface area contributed by atoms with E-state index in [0.717, 1.165) is 37.1 Å². The summed E-state index contributed by atoms with van der Waals surface area (Å²) >= 11 is 0. The number of nitrogens with one attached hydrogen (secondary N) is 2. The maximum absolute atomic E-state index is 13.3. The number of amides is 3. The van der Waals surface area contributed by atoms with E-state index >= 15 is 0 Å². The lowest BCUT2D eigenvalue weighted by molar-refractivity contribution is -0.133. The second kappa shape index (κ2) is 7.40. The van der Waals surface area contributed by atoms with E-state index in [4.69, 9.17) is 0 Å². The highest BCUT2D eigenvalue weighted by molar-refractivity contribution is 6.07. The molecule has 5 heteroatoms. The summed E-state index contributed by atoms with van der Waals surface area (Å²) in [4.78, 5) is 27.3. The van der Waals surface area contributed by atoms with Crippen LogP contribution in [0.2, 0.25) is 0 Å². The van der Waals surface area contributed by atoms with E-state index in [1.54, 1.807) is 0 Å². The monoisotopic (exact) mass is 341 g/mol. The van der Waals surface area contributed by atoms with Crippen molar-refractivity contribution in [3.05, 3.63) is 47.5 Å². The topological polar surface area (TPSA) is 61.4 Å². The van der Waals surface area contributed by atoms with Crippen molar-refractivity contribution < 1.29 is 9.59 Å². The number of nitrogens with zero attached hydrogens (tertiary/aromatic N) is 1. The van der Waals surface area contributed by atoms with Crippen LogP contribution < -0.4 is 10.6 Å². The molecule has 1 aromatic rings. The molecule has 0 saturated carbocycles. The Morgan fingerprint density at radius 1 is 1.20 bits per heavy atom. The number of benzene rings is 1. The van der Waals surface area contributed by atoms with Crippen molar-refractivity contribution in [3.63, 3.8) is 0 Å². The van der Waals surface area contributed by atoms with E-state index in [1.165, 1.54) is 4.90 Å². The average molecular weight is 341 g/mol. The van der Waals surface area contributed by atoms with Gasteiger partial charge in [-0.05, 0) is 51.3 Å². The lowest BCUT2D eigenvalue weighted by atomic mass is 9.74. The molecule has 2 aliphatic rings. The molecular weight excluding hydrogens is 314 g/mol. The van der Waals surface area contributed by atoms with Crippen LogP contribution in [0.25, 0.3) is 0 Å². The number of carbonyl (C=O) groups excluding carboxylic acids is 2. The quantitative estimate of drug-likeness (QED) is 0.639. The molecule has 2 aliphatic heterocycles. The molecule has 25 heavy (non-hydrogen) atoms. The molecule has 0 spiro atoms. The summed E-state index contributed by atoms with van der Waals surface area (Å²) in [5.41, 5.74) is 1.36. The van der Waals surface area contributed by atoms with Gasteiger partial charge >= 0.3 is 6.03 Å². The van der Waals surface area contributed by atoms with Crippen LogP contribution in [-0.2, 0) is 11.2 Å². The van der Waals surface area contributed by atoms with Gasteiger partial charge in [0, 0.05) is 13.0 Å². The Balaban J connectivity index is 1.92. The zero-order valence-corrected chi connectivity index (χ0v) is 15.0. The van der Waals surface area contributed by atoms with Gasteiger partial charge in [-0.1, -0.05) is 42.0 Å². The van der Waals surface area contributed by atoms with Crippen molar-refractivity contribution in [2.75, 3.05) is 19.6 Å². The van der Waals surface area contributed by atoms with E-state index in [2.05, 4.69) is 10.6 Å². The van der Waals surface area contributed by atoms with Gasteiger partial charge in [0.25, 0.3) is 5.91 Å². The van der Waals surface area contributed by atoms with Gasteiger partial charge in [0.1, 0.15) is 5.54 Å². The van der Waals surface area contributed by atoms with Crippen molar-refractivity contribution in [2.45, 2.75) is 38.6 Å². The van der Waals surface area contributed by atoms with Crippen LogP contribution in [0.1, 0.15) is 32.3 Å². The molecule has 134 valence electrons. The lowest BCUT2D eigenvalue weighted by Crippen LogP contribution is -2.57. The van der Waals surface area contributed by atoms with Gasteiger partial charge in [-0.2, -0.15) is 0 Å². The van der Waals surface area contributed by atoms with Crippen molar-refractivity contribution in [2.24, 2.45) is 5.92 Å². The van der Waals surface area contributed by atoms with Crippen LogP contribution in [0.3, 0.4) is 0 Å². The number of hydrogen-bond donors (Lipinski definition) is 2. The van der Waals surface area contributed by atoms with Gasteiger partial charge in [0.15, 0.2) is 0 Å². The Morgan fingerprint density at radius 3 is 2.52 bits per heavy atom. The second-order valence-corrected chi connectivity index (χ2v) is 7.29. The summed E-state index contributed by atoms with van der Waals surface area (Å²) in [6, 6.07) is 9.72. The van der Waals surface area contributed by atoms with Crippen molar-refractivity contribution in [1.29, 1.82) is 0 Å². The fraction of sp³-hybridized carbons (Fsp3) is 0.500. The molecule has 1 unspecified atom stereocenters. The summed E-state index contributed by atoms with van der Waals surface area (Å²) in [5.74, 6) is 0.0767. The van der Waals surface area contributed by atoms with E-state index in [0.29, 0.717) is 13.0 Å². The van der Waals surface area contributed by atoms with Gasteiger partial charge in [0.05, 0.1) is 0 Å². The molecule has 2 N–H and O–H groups in total. The number of rotatable bonds is 5. The Labute approximate surface area is 149 Å². The predicted molar refractivity (Wildman–Crippen MR) is 98.1 cm³/mol. The Hall–Kier alpha value is -2.14. The highest BCUT2D eigenvalue weighted by Crippen LogP contribution is 2.35. The number of carbonyl (C=O) groups is 2. The van der Waals surface area contributed by atoms with Gasteiger partial charge in [-0.3, -0.25) is 9.69 Å². The van der Waals surface area contributed by atoms with E-state index in [1.807, 2.05) is 50.3 Å². The van der Waals surface area contributed by atoms with Crippen LogP contribution in [0.15, 0.2) is 42.0 Å². The molecule has 3 amide bonds. The first kappa shape index (κ1) is 17.7. The molecule has 3 rings (SSSR count). The molecule has 0 aliphatic carbocycles. The van der Waals surface area contributed by atoms with Crippen molar-refractivity contribution in [1.82, 2.24) is 15.5 Å². The minimum Gasteiger partial charge on any atom is -0.322 e. The molecule has 1 aromatic carbocycles. The fourth-order valence-electron chi connectivity index (χ4n) is 3.86. The van der Waals surface area contributed by atoms with Gasteiger partial charge in [-0.15, -0.1) is 0 Å². The Bertz CT molecular complexity index is 661. The molecule has 0 aromatic heterocycles. The Kier molecular flexibility index (Phi) is 5.23. The first-order valence-electron chi connectivity index (χ1n) is 9.05. The zero-order valence-electron chi connectivity index (χ0n) is 15.0. The van der Waals surface area contributed by atoms with Crippen LogP contribution in [0.4, 0.5) is 4.79 Å². The van der Waals surface area contributed by atoms with Gasteiger partial charge in [-0.25, -0.2) is 4.79 Å². The van der Waals surface area contributed by atoms with Crippen molar-refractivity contribution >= 4 is 11.9 Å². The Morgan fingerprint density at radius 2 is 1.88 bits per heavy atom. The van der Waals surface area contributed by atoms with Crippen molar-refractivity contribution in [3.8, 4) is 0 Å². The van der Waals surface area contributed by atoms with Crippen LogP contribution in [0, 0.1) is 5.92 Å². The minimum atomic E-state index is -0.823. The maximum atomic E-state index is 13.3. The summed E-state index contributed by atoms with van der Waals surface area (Å²) in [6.45, 7) is 6.07. The van der Waals surface area contributed by atoms with E-state index in [9.17, 15) is 9.59 Å². The third kappa shape index (κ3) is 3.61. The smallest absolute Gasteiger partial charge is 0.322 e.